The number of nitrogens with one attached hydrogen (secondary N) is 3. The summed E-state index contributed by atoms with van der Waals surface area (Å²) in [6, 6.07) is -0.932. The molecule has 0 bridgehead atoms. The average molecular weight is 404 g/mol. The Kier molecular flexibility index (Phi) is 12.1. The second kappa shape index (κ2) is 12.8. The molecular formula is C18H35N3O5P+. The third-order valence-corrected chi connectivity index (χ3v) is 5.06. The molecule has 0 spiro atoms. The van der Waals surface area contributed by atoms with E-state index in [0.29, 0.717) is 6.42 Å². The zero-order chi connectivity index (χ0) is 21.1. The second-order valence-electron chi connectivity index (χ2n) is 7.72. The Balaban J connectivity index is 4.84. The van der Waals surface area contributed by atoms with Gasteiger partial charge in [-0.05, 0) is 22.3 Å². The summed E-state index contributed by atoms with van der Waals surface area (Å²) >= 11 is 0. The highest BCUT2D eigenvalue weighted by molar-refractivity contribution is 7.43. The van der Waals surface area contributed by atoms with E-state index in [1.54, 1.807) is 0 Å². The van der Waals surface area contributed by atoms with Crippen molar-refractivity contribution in [3.05, 3.63) is 0 Å². The predicted octanol–water partition coefficient (Wildman–Crippen LogP) is 1.82. The lowest BCUT2D eigenvalue weighted by Gasteiger charge is -2.27. The molecule has 3 N–H and O–H groups in total. The van der Waals surface area contributed by atoms with E-state index in [0.717, 1.165) is 0 Å². The van der Waals surface area contributed by atoms with Gasteiger partial charge in [0.05, 0.1) is 13.7 Å². The first-order valence-corrected chi connectivity index (χ1v) is 10.8. The smallest absolute Gasteiger partial charge is 0.444 e. The zero-order valence-corrected chi connectivity index (χ0v) is 18.4. The van der Waals surface area contributed by atoms with Crippen LogP contribution >= 0.6 is 7.95 Å². The van der Waals surface area contributed by atoms with Gasteiger partial charge in [0, 0.05) is 12.5 Å². The zero-order valence-electron chi connectivity index (χ0n) is 17.5. The summed E-state index contributed by atoms with van der Waals surface area (Å²) in [6.45, 7) is 11.7. The summed E-state index contributed by atoms with van der Waals surface area (Å²) < 4.78 is 16.4. The molecule has 0 aromatic rings. The van der Waals surface area contributed by atoms with Crippen LogP contribution in [0.4, 0.5) is 0 Å². The van der Waals surface area contributed by atoms with Crippen molar-refractivity contribution in [1.82, 2.24) is 15.7 Å². The Morgan fingerprint density at radius 1 is 0.963 bits per heavy atom. The molecule has 0 heterocycles. The van der Waals surface area contributed by atoms with E-state index < -0.39 is 20.0 Å². The van der Waals surface area contributed by atoms with Crippen molar-refractivity contribution in [2.24, 2.45) is 17.8 Å². The van der Waals surface area contributed by atoms with Crippen molar-refractivity contribution in [2.45, 2.75) is 60.0 Å². The van der Waals surface area contributed by atoms with Gasteiger partial charge in [-0.2, -0.15) is 0 Å². The molecule has 0 aliphatic rings. The lowest BCUT2D eigenvalue weighted by atomic mass is 9.99. The van der Waals surface area contributed by atoms with Crippen LogP contribution in [0, 0.1) is 17.8 Å². The van der Waals surface area contributed by atoms with Crippen molar-refractivity contribution in [1.29, 1.82) is 0 Å². The van der Waals surface area contributed by atoms with E-state index in [4.69, 9.17) is 0 Å². The number of hydrogen-bond acceptors (Lipinski definition) is 5. The minimum Gasteiger partial charge on any atom is -0.466 e. The van der Waals surface area contributed by atoms with Crippen LogP contribution in [0.15, 0.2) is 0 Å². The fraction of sp³-hybridized carbons (Fsp3) is 0.833. The van der Waals surface area contributed by atoms with Crippen LogP contribution in [0.2, 0.25) is 0 Å². The van der Waals surface area contributed by atoms with Crippen molar-refractivity contribution in [2.75, 3.05) is 19.8 Å². The van der Waals surface area contributed by atoms with Crippen LogP contribution in [-0.2, 0) is 23.7 Å². The van der Waals surface area contributed by atoms with E-state index in [1.807, 2.05) is 41.5 Å². The van der Waals surface area contributed by atoms with Gasteiger partial charge in [0.25, 0.3) is 6.16 Å². The predicted molar refractivity (Wildman–Crippen MR) is 105 cm³/mol. The van der Waals surface area contributed by atoms with E-state index >= 15 is 0 Å². The van der Waals surface area contributed by atoms with E-state index in [1.165, 1.54) is 7.11 Å². The molecule has 3 atom stereocenters. The van der Waals surface area contributed by atoms with Crippen molar-refractivity contribution in [3.8, 4) is 0 Å². The molecule has 0 aromatic carbocycles. The van der Waals surface area contributed by atoms with E-state index in [9.17, 15) is 18.9 Å². The van der Waals surface area contributed by atoms with Gasteiger partial charge in [0.2, 0.25) is 11.8 Å². The largest absolute Gasteiger partial charge is 0.466 e. The van der Waals surface area contributed by atoms with Crippen molar-refractivity contribution in [3.63, 3.8) is 0 Å². The molecule has 9 heteroatoms. The highest BCUT2D eigenvalue weighted by Gasteiger charge is 2.29. The minimum atomic E-state index is -1.96. The quantitative estimate of drug-likeness (QED) is 0.338. The van der Waals surface area contributed by atoms with Gasteiger partial charge in [-0.25, -0.2) is 4.79 Å². The summed E-state index contributed by atoms with van der Waals surface area (Å²) in [5.74, 6) is -0.772. The number of methoxy groups -OCH3 is 1. The molecule has 8 nitrogen and oxygen atoms in total. The SMILES string of the molecule is COC(=O)C[P+](=O)NC[C@H](NC(=O)[C@@H](NC(=O)CC(C)C)C(C)C)C(C)C. The number of amides is 2. The summed E-state index contributed by atoms with van der Waals surface area (Å²) in [4.78, 5) is 35.9. The highest BCUT2D eigenvalue weighted by atomic mass is 31.1. The first-order valence-electron chi connectivity index (χ1n) is 9.32. The van der Waals surface area contributed by atoms with Crippen LogP contribution in [-0.4, -0.2) is 49.7 Å². The normalized spacial score (nSPS) is 14.1. The first-order chi connectivity index (χ1) is 12.5. The van der Waals surface area contributed by atoms with Crippen molar-refractivity contribution < 1.29 is 23.7 Å². The summed E-state index contributed by atoms with van der Waals surface area (Å²) in [5, 5.41) is 8.49. The Labute approximate surface area is 163 Å². The molecule has 0 saturated carbocycles. The number of hydrogen-bond donors (Lipinski definition) is 3. The Morgan fingerprint density at radius 2 is 1.56 bits per heavy atom. The minimum absolute atomic E-state index is 0.0714. The van der Waals surface area contributed by atoms with Crippen molar-refractivity contribution >= 4 is 25.7 Å². The highest BCUT2D eigenvalue weighted by Crippen LogP contribution is 2.15. The number of ether oxygens (including phenoxy) is 1. The summed E-state index contributed by atoms with van der Waals surface area (Å²) in [7, 11) is -0.717. The van der Waals surface area contributed by atoms with Gasteiger partial charge in [0.15, 0.2) is 0 Å². The topological polar surface area (TPSA) is 114 Å². The first kappa shape index (κ1) is 25.5. The molecule has 0 rings (SSSR count). The Hall–Kier alpha value is -1.53. The monoisotopic (exact) mass is 404 g/mol. The van der Waals surface area contributed by atoms with Gasteiger partial charge in [-0.15, -0.1) is 5.09 Å². The molecule has 2 amide bonds. The van der Waals surface area contributed by atoms with Gasteiger partial charge in [-0.1, -0.05) is 41.5 Å². The Morgan fingerprint density at radius 3 is 2.00 bits per heavy atom. The fourth-order valence-corrected chi connectivity index (χ4v) is 3.18. The van der Waals surface area contributed by atoms with Gasteiger partial charge in [0.1, 0.15) is 6.04 Å². The van der Waals surface area contributed by atoms with Crippen LogP contribution in [0.1, 0.15) is 48.0 Å². The molecule has 0 aliphatic heterocycles. The molecule has 0 saturated heterocycles. The molecular weight excluding hydrogens is 369 g/mol. The number of rotatable bonds is 12. The van der Waals surface area contributed by atoms with E-state index in [-0.39, 0.29) is 48.3 Å². The third-order valence-electron chi connectivity index (χ3n) is 3.98. The Bertz CT molecular complexity index is 523. The van der Waals surface area contributed by atoms with Crippen LogP contribution in [0.3, 0.4) is 0 Å². The maximum absolute atomic E-state index is 12.7. The lowest BCUT2D eigenvalue weighted by Crippen LogP contribution is -2.54. The van der Waals surface area contributed by atoms with Gasteiger partial charge in [-0.3, -0.25) is 9.59 Å². The summed E-state index contributed by atoms with van der Waals surface area (Å²) in [6.07, 6.45) is 0.143. The molecule has 27 heavy (non-hydrogen) atoms. The fourth-order valence-electron chi connectivity index (χ4n) is 2.30. The molecule has 0 radical (unpaired) electrons. The van der Waals surface area contributed by atoms with Crippen LogP contribution < -0.4 is 15.7 Å². The maximum Gasteiger partial charge on any atom is 0.444 e. The maximum atomic E-state index is 12.7. The third kappa shape index (κ3) is 11.0. The number of carbonyl (C=O) groups is 3. The molecule has 0 fully saturated rings. The van der Waals surface area contributed by atoms with E-state index in [2.05, 4.69) is 20.5 Å². The second-order valence-corrected chi connectivity index (χ2v) is 9.11. The molecule has 0 aromatic heterocycles. The average Bonchev–Trinajstić information content (AvgIpc) is 2.54. The standard InChI is InChI=1S/C18H34N3O5P/c1-11(2)8-15(22)21-17(13(5)6)18(24)20-14(12(3)4)9-19-27(25)10-16(23)26-7/h11-14,17H,8-10H2,1-7H3,(H2-,19,20,21,22,24,25)/p+1/t14-,17-/m0/s1. The van der Waals surface area contributed by atoms with Gasteiger partial charge < -0.3 is 15.4 Å². The summed E-state index contributed by atoms with van der Waals surface area (Å²) in [5.41, 5.74) is 0. The molecule has 0 aliphatic carbocycles. The molecule has 156 valence electrons. The number of carbonyl (C=O) groups excluding carboxylic acids is 3. The van der Waals surface area contributed by atoms with Crippen LogP contribution in [0.5, 0.6) is 0 Å². The number of esters is 1. The van der Waals surface area contributed by atoms with Crippen LogP contribution in [0.25, 0.3) is 0 Å². The molecule has 1 unspecified atom stereocenters. The van der Waals surface area contributed by atoms with Gasteiger partial charge >= 0.3 is 13.9 Å². The lowest BCUT2D eigenvalue weighted by molar-refractivity contribution is -0.137.